The molecule has 1 unspecified atom stereocenters. The van der Waals surface area contributed by atoms with Crippen molar-refractivity contribution in [2.45, 2.75) is 19.1 Å². The second kappa shape index (κ2) is 8.46. The number of benzene rings is 1. The molecule has 6 nitrogen and oxygen atoms in total. The minimum atomic E-state index is 0.0795. The lowest BCUT2D eigenvalue weighted by molar-refractivity contribution is -0.140. The van der Waals surface area contributed by atoms with Gasteiger partial charge in [-0.2, -0.15) is 0 Å². The van der Waals surface area contributed by atoms with Gasteiger partial charge in [0, 0.05) is 45.5 Å². The number of nitrogens with zero attached hydrogens (tertiary/aromatic N) is 2. The van der Waals surface area contributed by atoms with Crippen LogP contribution in [0.3, 0.4) is 0 Å². The summed E-state index contributed by atoms with van der Waals surface area (Å²) in [6.45, 7) is 5.14. The number of hydrogen-bond donors (Lipinski definition) is 0. The Morgan fingerprint density at radius 3 is 3.04 bits per heavy atom. The molecule has 132 valence electrons. The molecule has 1 amide bonds. The number of hydrogen-bond acceptors (Lipinski definition) is 5. The Bertz CT molecular complexity index is 552. The van der Waals surface area contributed by atoms with Crippen molar-refractivity contribution in [1.29, 1.82) is 0 Å². The highest BCUT2D eigenvalue weighted by molar-refractivity contribution is 5.78. The van der Waals surface area contributed by atoms with Gasteiger partial charge in [-0.1, -0.05) is 18.2 Å². The molecule has 1 atom stereocenters. The first kappa shape index (κ1) is 17.2. The summed E-state index contributed by atoms with van der Waals surface area (Å²) in [6, 6.07) is 8.04. The van der Waals surface area contributed by atoms with E-state index in [1.54, 1.807) is 7.11 Å². The first-order chi connectivity index (χ1) is 11.8. The van der Waals surface area contributed by atoms with E-state index in [1.165, 1.54) is 0 Å². The average Bonchev–Trinajstić information content (AvgIpc) is 2.81. The van der Waals surface area contributed by atoms with Gasteiger partial charge in [-0.05, 0) is 12.5 Å². The Hall–Kier alpha value is -1.63. The van der Waals surface area contributed by atoms with Crippen molar-refractivity contribution >= 4 is 5.91 Å². The van der Waals surface area contributed by atoms with Crippen molar-refractivity contribution in [2.75, 3.05) is 53.1 Å². The molecule has 0 saturated carbocycles. The van der Waals surface area contributed by atoms with Crippen LogP contribution in [0, 0.1) is 0 Å². The van der Waals surface area contributed by atoms with Crippen LogP contribution in [0.15, 0.2) is 24.3 Å². The molecular formula is C18H26N2O4. The van der Waals surface area contributed by atoms with Crippen LogP contribution in [0.5, 0.6) is 5.75 Å². The van der Waals surface area contributed by atoms with Crippen LogP contribution >= 0.6 is 0 Å². The molecular weight excluding hydrogens is 308 g/mol. The van der Waals surface area contributed by atoms with Gasteiger partial charge < -0.3 is 19.1 Å². The maximum atomic E-state index is 12.7. The van der Waals surface area contributed by atoms with Crippen LogP contribution in [-0.2, 0) is 20.8 Å². The molecule has 2 aliphatic rings. The third kappa shape index (κ3) is 4.47. The second-order valence-electron chi connectivity index (χ2n) is 6.28. The predicted octanol–water partition coefficient (Wildman–Crippen LogP) is 1.14. The van der Waals surface area contributed by atoms with Crippen molar-refractivity contribution in [3.8, 4) is 5.75 Å². The van der Waals surface area contributed by atoms with E-state index >= 15 is 0 Å². The Morgan fingerprint density at radius 1 is 1.29 bits per heavy atom. The van der Waals surface area contributed by atoms with Gasteiger partial charge in [-0.3, -0.25) is 9.69 Å². The molecule has 2 aliphatic heterocycles. The van der Waals surface area contributed by atoms with E-state index < -0.39 is 0 Å². The van der Waals surface area contributed by atoms with Gasteiger partial charge in [0.2, 0.25) is 5.91 Å². The van der Waals surface area contributed by atoms with Crippen LogP contribution in [0.4, 0.5) is 0 Å². The number of rotatable bonds is 5. The van der Waals surface area contributed by atoms with Gasteiger partial charge in [0.1, 0.15) is 12.4 Å². The Kier molecular flexibility index (Phi) is 6.07. The zero-order valence-electron chi connectivity index (χ0n) is 14.3. The summed E-state index contributed by atoms with van der Waals surface area (Å²) in [7, 11) is 1.69. The fraction of sp³-hybridized carbons (Fsp3) is 0.611. The second-order valence-corrected chi connectivity index (χ2v) is 6.28. The average molecular weight is 334 g/mol. The summed E-state index contributed by atoms with van der Waals surface area (Å²) < 4.78 is 16.6. The summed E-state index contributed by atoms with van der Waals surface area (Å²) in [6.07, 6.45) is 0.904. The fourth-order valence-corrected chi connectivity index (χ4v) is 3.18. The van der Waals surface area contributed by atoms with Gasteiger partial charge in [-0.25, -0.2) is 0 Å². The Morgan fingerprint density at radius 2 is 2.17 bits per heavy atom. The van der Waals surface area contributed by atoms with Gasteiger partial charge in [0.15, 0.2) is 0 Å². The van der Waals surface area contributed by atoms with Crippen molar-refractivity contribution in [2.24, 2.45) is 0 Å². The number of carbonyl (C=O) groups is 1. The first-order valence-electron chi connectivity index (χ1n) is 8.57. The first-order valence-corrected chi connectivity index (χ1v) is 8.57. The van der Waals surface area contributed by atoms with Crippen LogP contribution in [-0.4, -0.2) is 74.9 Å². The number of methoxy groups -OCH3 is 1. The quantitative estimate of drug-likeness (QED) is 0.808. The van der Waals surface area contributed by atoms with Crippen molar-refractivity contribution in [1.82, 2.24) is 9.80 Å². The molecule has 6 heteroatoms. The molecule has 0 radical (unpaired) electrons. The number of carbonyl (C=O) groups excluding carboxylic acids is 1. The number of ether oxygens (including phenoxy) is 3. The molecule has 0 N–H and O–H groups in total. The molecule has 1 saturated heterocycles. The zero-order chi connectivity index (χ0) is 16.8. The summed E-state index contributed by atoms with van der Waals surface area (Å²) in [5.74, 6) is 1.10. The summed E-state index contributed by atoms with van der Waals surface area (Å²) in [4.78, 5) is 16.7. The van der Waals surface area contributed by atoms with Gasteiger partial charge >= 0.3 is 0 Å². The highest BCUT2D eigenvalue weighted by atomic mass is 16.5. The van der Waals surface area contributed by atoms with E-state index in [2.05, 4.69) is 11.0 Å². The lowest BCUT2D eigenvalue weighted by atomic mass is 10.2. The molecule has 1 aromatic rings. The molecule has 24 heavy (non-hydrogen) atoms. The van der Waals surface area contributed by atoms with E-state index in [-0.39, 0.29) is 12.0 Å². The third-order valence-corrected chi connectivity index (χ3v) is 4.53. The SMILES string of the molecule is COCCC1CN(C(=O)CN2CCOc3ccccc3C2)CCO1. The van der Waals surface area contributed by atoms with E-state index in [0.29, 0.717) is 39.5 Å². The number of amides is 1. The molecule has 1 aromatic carbocycles. The van der Waals surface area contributed by atoms with E-state index in [9.17, 15) is 4.79 Å². The van der Waals surface area contributed by atoms with E-state index in [1.807, 2.05) is 23.1 Å². The number of para-hydroxylation sites is 1. The molecule has 0 aliphatic carbocycles. The van der Waals surface area contributed by atoms with Gasteiger partial charge in [-0.15, -0.1) is 0 Å². The van der Waals surface area contributed by atoms with Crippen molar-refractivity contribution in [3.05, 3.63) is 29.8 Å². The predicted molar refractivity (Wildman–Crippen MR) is 90.0 cm³/mol. The molecule has 0 bridgehead atoms. The monoisotopic (exact) mass is 334 g/mol. The fourth-order valence-electron chi connectivity index (χ4n) is 3.18. The molecule has 2 heterocycles. The summed E-state index contributed by atoms with van der Waals surface area (Å²) in [5.41, 5.74) is 1.14. The van der Waals surface area contributed by atoms with E-state index in [4.69, 9.17) is 14.2 Å². The molecule has 0 aromatic heterocycles. The van der Waals surface area contributed by atoms with Crippen LogP contribution in [0.2, 0.25) is 0 Å². The standard InChI is InChI=1S/C18H26N2O4/c1-22-9-6-16-13-20(8-11-23-16)18(21)14-19-7-10-24-17-5-3-2-4-15(17)12-19/h2-5,16H,6-14H2,1H3. The minimum Gasteiger partial charge on any atom is -0.492 e. The topological polar surface area (TPSA) is 51.2 Å². The Balaban J connectivity index is 1.54. The maximum absolute atomic E-state index is 12.7. The van der Waals surface area contributed by atoms with Crippen molar-refractivity contribution in [3.63, 3.8) is 0 Å². The lowest BCUT2D eigenvalue weighted by Crippen LogP contribution is -2.49. The largest absolute Gasteiger partial charge is 0.492 e. The van der Waals surface area contributed by atoms with Gasteiger partial charge in [0.05, 0.1) is 19.3 Å². The summed E-state index contributed by atoms with van der Waals surface area (Å²) >= 11 is 0. The third-order valence-electron chi connectivity index (χ3n) is 4.53. The molecule has 0 spiro atoms. The van der Waals surface area contributed by atoms with Crippen LogP contribution < -0.4 is 4.74 Å². The van der Waals surface area contributed by atoms with E-state index in [0.717, 1.165) is 30.8 Å². The number of fused-ring (bicyclic) bond motifs is 1. The minimum absolute atomic E-state index is 0.0795. The van der Waals surface area contributed by atoms with Crippen LogP contribution in [0.25, 0.3) is 0 Å². The summed E-state index contributed by atoms with van der Waals surface area (Å²) in [5, 5.41) is 0. The highest BCUT2D eigenvalue weighted by Crippen LogP contribution is 2.22. The molecule has 1 fully saturated rings. The Labute approximate surface area is 143 Å². The highest BCUT2D eigenvalue weighted by Gasteiger charge is 2.26. The van der Waals surface area contributed by atoms with Gasteiger partial charge in [0.25, 0.3) is 0 Å². The number of morpholine rings is 1. The lowest BCUT2D eigenvalue weighted by Gasteiger charge is -2.34. The smallest absolute Gasteiger partial charge is 0.236 e. The van der Waals surface area contributed by atoms with Crippen LogP contribution in [0.1, 0.15) is 12.0 Å². The zero-order valence-corrected chi connectivity index (χ0v) is 14.3. The maximum Gasteiger partial charge on any atom is 0.236 e. The normalized spacial score (nSPS) is 21.7. The van der Waals surface area contributed by atoms with Crippen molar-refractivity contribution < 1.29 is 19.0 Å². The molecule has 3 rings (SSSR count).